The van der Waals surface area contributed by atoms with Crippen LogP contribution in [0.25, 0.3) is 0 Å². The van der Waals surface area contributed by atoms with Crippen molar-refractivity contribution in [3.05, 3.63) is 34.2 Å². The first-order valence-electron chi connectivity index (χ1n) is 7.16. The maximum Gasteiger partial charge on any atom is 0.220 e. The monoisotopic (exact) mass is 289 g/mol. The number of carbonyl (C=O) groups is 1. The summed E-state index contributed by atoms with van der Waals surface area (Å²) >= 11 is 0. The second-order valence-electron chi connectivity index (χ2n) is 5.45. The highest BCUT2D eigenvalue weighted by atomic mass is 16.1. The van der Waals surface area contributed by atoms with Crippen molar-refractivity contribution in [2.45, 2.75) is 47.1 Å². The molecule has 0 aliphatic carbocycles. The number of hydrogen-bond acceptors (Lipinski definition) is 3. The minimum Gasteiger partial charge on any atom is -0.349 e. The maximum atomic E-state index is 11.9. The minimum absolute atomic E-state index is 0.0216. The van der Waals surface area contributed by atoms with E-state index in [0.29, 0.717) is 19.4 Å². The van der Waals surface area contributed by atoms with E-state index in [1.165, 1.54) is 0 Å². The molecule has 0 saturated heterocycles. The average Bonchev–Trinajstić information content (AvgIpc) is 2.90. The normalized spacial score (nSPS) is 10.9. The first-order valence-corrected chi connectivity index (χ1v) is 7.16. The summed E-state index contributed by atoms with van der Waals surface area (Å²) in [5.41, 5.74) is 5.29. The molecule has 6 nitrogen and oxygen atoms in total. The lowest BCUT2D eigenvalue weighted by molar-refractivity contribution is -0.121. The van der Waals surface area contributed by atoms with Crippen LogP contribution < -0.4 is 5.32 Å². The highest BCUT2D eigenvalue weighted by molar-refractivity contribution is 5.76. The number of aryl methyl sites for hydroxylation is 3. The van der Waals surface area contributed by atoms with Crippen LogP contribution in [0.4, 0.5) is 0 Å². The highest BCUT2D eigenvalue weighted by Crippen LogP contribution is 2.11. The third-order valence-corrected chi connectivity index (χ3v) is 4.10. The molecule has 0 aromatic carbocycles. The number of nitrogens with zero attached hydrogens (tertiary/aromatic N) is 3. The van der Waals surface area contributed by atoms with Crippen LogP contribution in [0.1, 0.15) is 40.6 Å². The second-order valence-corrected chi connectivity index (χ2v) is 5.45. The van der Waals surface area contributed by atoms with E-state index in [1.807, 2.05) is 39.3 Å². The smallest absolute Gasteiger partial charge is 0.220 e. The Balaban J connectivity index is 1.85. The lowest BCUT2D eigenvalue weighted by Gasteiger charge is -2.06. The van der Waals surface area contributed by atoms with E-state index >= 15 is 0 Å². The summed E-state index contributed by atoms with van der Waals surface area (Å²) < 4.78 is 2.01. The predicted molar refractivity (Wildman–Crippen MR) is 80.9 cm³/mol. The molecule has 1 amide bonds. The van der Waals surface area contributed by atoms with Gasteiger partial charge in [-0.1, -0.05) is 0 Å². The summed E-state index contributed by atoms with van der Waals surface area (Å²) in [6.07, 6.45) is 1.09. The van der Waals surface area contributed by atoms with Crippen molar-refractivity contribution in [1.82, 2.24) is 25.1 Å². The number of rotatable bonds is 5. The van der Waals surface area contributed by atoms with Crippen molar-refractivity contribution in [2.75, 3.05) is 0 Å². The van der Waals surface area contributed by atoms with Gasteiger partial charge in [0.15, 0.2) is 0 Å². The Kier molecular flexibility index (Phi) is 4.45. The van der Waals surface area contributed by atoms with E-state index in [4.69, 9.17) is 0 Å². The molecule has 0 fully saturated rings. The summed E-state index contributed by atoms with van der Waals surface area (Å²) in [6.45, 7) is 8.46. The van der Waals surface area contributed by atoms with E-state index in [1.54, 1.807) is 0 Å². The number of aromatic nitrogens is 4. The van der Waals surface area contributed by atoms with Gasteiger partial charge in [-0.15, -0.1) is 0 Å². The van der Waals surface area contributed by atoms with Gasteiger partial charge in [-0.3, -0.25) is 9.89 Å². The Hall–Kier alpha value is -2.11. The lowest BCUT2D eigenvalue weighted by atomic mass is 10.1. The van der Waals surface area contributed by atoms with Gasteiger partial charge < -0.3 is 9.88 Å². The summed E-state index contributed by atoms with van der Waals surface area (Å²) in [5, 5.41) is 10.1. The van der Waals surface area contributed by atoms with Crippen LogP contribution in [0.3, 0.4) is 0 Å². The fourth-order valence-corrected chi connectivity index (χ4v) is 2.22. The molecule has 2 aromatic heterocycles. The molecular formula is C15H23N5O. The molecule has 0 bridgehead atoms. The average molecular weight is 289 g/mol. The molecule has 0 aliphatic rings. The van der Waals surface area contributed by atoms with E-state index in [-0.39, 0.29) is 5.91 Å². The van der Waals surface area contributed by atoms with Crippen LogP contribution in [0.15, 0.2) is 0 Å². The quantitative estimate of drug-likeness (QED) is 0.878. The van der Waals surface area contributed by atoms with Crippen molar-refractivity contribution in [2.24, 2.45) is 7.05 Å². The molecule has 6 heteroatoms. The Bertz CT molecular complexity index is 653. The van der Waals surface area contributed by atoms with E-state index in [9.17, 15) is 4.79 Å². The van der Waals surface area contributed by atoms with Crippen LogP contribution in [-0.4, -0.2) is 25.7 Å². The molecule has 0 atom stereocenters. The van der Waals surface area contributed by atoms with Gasteiger partial charge >= 0.3 is 0 Å². The summed E-state index contributed by atoms with van der Waals surface area (Å²) in [6, 6.07) is 0. The van der Waals surface area contributed by atoms with Gasteiger partial charge in [-0.05, 0) is 33.3 Å². The van der Waals surface area contributed by atoms with Gasteiger partial charge in [0.05, 0.1) is 17.9 Å². The zero-order valence-corrected chi connectivity index (χ0v) is 13.4. The Morgan fingerprint density at radius 3 is 2.52 bits per heavy atom. The van der Waals surface area contributed by atoms with E-state index < -0.39 is 0 Å². The molecule has 2 N–H and O–H groups in total. The molecule has 0 radical (unpaired) electrons. The number of imidazole rings is 1. The highest BCUT2D eigenvalue weighted by Gasteiger charge is 2.11. The molecule has 2 heterocycles. The number of nitrogens with one attached hydrogen (secondary N) is 2. The van der Waals surface area contributed by atoms with Gasteiger partial charge in [0.1, 0.15) is 5.82 Å². The molecule has 0 aliphatic heterocycles. The van der Waals surface area contributed by atoms with Gasteiger partial charge in [-0.2, -0.15) is 5.10 Å². The maximum absolute atomic E-state index is 11.9. The van der Waals surface area contributed by atoms with Gasteiger partial charge in [0.25, 0.3) is 0 Å². The van der Waals surface area contributed by atoms with Crippen LogP contribution >= 0.6 is 0 Å². The molecule has 21 heavy (non-hydrogen) atoms. The SMILES string of the molecule is Cc1nc(CNC(=O)CCc2n[nH]c(C)c2C)n(C)c1C. The second kappa shape index (κ2) is 6.11. The zero-order chi connectivity index (χ0) is 15.6. The van der Waals surface area contributed by atoms with E-state index in [0.717, 1.165) is 34.2 Å². The predicted octanol–water partition coefficient (Wildman–Crippen LogP) is 1.63. The van der Waals surface area contributed by atoms with Crippen molar-refractivity contribution >= 4 is 5.91 Å². The largest absolute Gasteiger partial charge is 0.349 e. The lowest BCUT2D eigenvalue weighted by Crippen LogP contribution is -2.24. The fourth-order valence-electron chi connectivity index (χ4n) is 2.22. The molecule has 0 unspecified atom stereocenters. The topological polar surface area (TPSA) is 75.6 Å². The number of aromatic amines is 1. The third kappa shape index (κ3) is 3.32. The first-order chi connectivity index (χ1) is 9.90. The molecule has 0 spiro atoms. The first kappa shape index (κ1) is 15.3. The number of H-pyrrole nitrogens is 1. The van der Waals surface area contributed by atoms with Crippen LogP contribution in [0, 0.1) is 27.7 Å². The summed E-state index contributed by atoms with van der Waals surface area (Å²) in [5.74, 6) is 0.901. The van der Waals surface area contributed by atoms with E-state index in [2.05, 4.69) is 20.5 Å². The molecular weight excluding hydrogens is 266 g/mol. The Morgan fingerprint density at radius 1 is 1.29 bits per heavy atom. The minimum atomic E-state index is 0.0216. The number of hydrogen-bond donors (Lipinski definition) is 2. The summed E-state index contributed by atoms with van der Waals surface area (Å²) in [7, 11) is 1.96. The molecule has 0 saturated carbocycles. The van der Waals surface area contributed by atoms with Gasteiger partial charge in [-0.25, -0.2) is 4.98 Å². The summed E-state index contributed by atoms with van der Waals surface area (Å²) in [4.78, 5) is 16.4. The number of carbonyl (C=O) groups excluding carboxylic acids is 1. The molecule has 114 valence electrons. The molecule has 2 aromatic rings. The molecule has 2 rings (SSSR count). The fraction of sp³-hybridized carbons (Fsp3) is 0.533. The van der Waals surface area contributed by atoms with Crippen LogP contribution in [0.2, 0.25) is 0 Å². The van der Waals surface area contributed by atoms with Crippen molar-refractivity contribution < 1.29 is 4.79 Å². The van der Waals surface area contributed by atoms with Crippen molar-refractivity contribution in [1.29, 1.82) is 0 Å². The Labute approximate surface area is 125 Å². The zero-order valence-electron chi connectivity index (χ0n) is 13.4. The van der Waals surface area contributed by atoms with Gasteiger partial charge in [0.2, 0.25) is 5.91 Å². The van der Waals surface area contributed by atoms with Crippen molar-refractivity contribution in [3.63, 3.8) is 0 Å². The Morgan fingerprint density at radius 2 is 2.00 bits per heavy atom. The van der Waals surface area contributed by atoms with Gasteiger partial charge in [0, 0.05) is 31.3 Å². The number of amides is 1. The van der Waals surface area contributed by atoms with Crippen molar-refractivity contribution in [3.8, 4) is 0 Å². The standard InChI is InChI=1S/C15H23N5O/c1-9-10(2)18-19-13(9)6-7-15(21)16-8-14-17-11(3)12(4)20(14)5/h6-8H2,1-5H3,(H,16,21)(H,18,19). The van der Waals surface area contributed by atoms with Crippen LogP contribution in [0.5, 0.6) is 0 Å². The third-order valence-electron chi connectivity index (χ3n) is 4.10. The van der Waals surface area contributed by atoms with Crippen LogP contribution in [-0.2, 0) is 24.8 Å².